The summed E-state index contributed by atoms with van der Waals surface area (Å²) in [6.45, 7) is 5.85. The van der Waals surface area contributed by atoms with Gasteiger partial charge in [0, 0.05) is 45.7 Å². The van der Waals surface area contributed by atoms with Crippen molar-refractivity contribution in [2.75, 3.05) is 45.8 Å². The number of halogens is 3. The topological polar surface area (TPSA) is 73.0 Å². The third-order valence-corrected chi connectivity index (χ3v) is 4.87. The number of carbonyl (C=O) groups is 3. The monoisotopic (exact) mass is 378 g/mol. The molecule has 0 aromatic rings. The molecular weight excluding hydrogens is 353 g/mol. The number of rotatable bonds is 5. The van der Waals surface area contributed by atoms with E-state index in [0.717, 1.165) is 19.6 Å². The number of hydrogen-bond acceptors (Lipinski definition) is 4. The number of nitrogens with one attached hydrogen (secondary N) is 1. The van der Waals surface area contributed by atoms with E-state index in [4.69, 9.17) is 0 Å². The molecular formula is C16H25F3N4O3. The third-order valence-electron chi connectivity index (χ3n) is 4.87. The number of piperazine rings is 1. The van der Waals surface area contributed by atoms with Crippen molar-refractivity contribution >= 4 is 17.7 Å². The van der Waals surface area contributed by atoms with E-state index >= 15 is 0 Å². The number of nitrogens with zero attached hydrogens (tertiary/aromatic N) is 3. The average Bonchev–Trinajstić information content (AvgIpc) is 3.09. The van der Waals surface area contributed by atoms with E-state index in [2.05, 4.69) is 17.1 Å². The fraction of sp³-hybridized carbons (Fsp3) is 0.812. The van der Waals surface area contributed by atoms with Gasteiger partial charge >= 0.3 is 12.1 Å². The van der Waals surface area contributed by atoms with E-state index in [-0.39, 0.29) is 31.8 Å². The first-order valence-corrected chi connectivity index (χ1v) is 8.89. The number of alkyl halides is 3. The van der Waals surface area contributed by atoms with Crippen molar-refractivity contribution in [3.05, 3.63) is 0 Å². The van der Waals surface area contributed by atoms with Crippen molar-refractivity contribution in [1.29, 1.82) is 0 Å². The van der Waals surface area contributed by atoms with Crippen molar-refractivity contribution in [2.24, 2.45) is 0 Å². The number of carbonyl (C=O) groups excluding carboxylic acids is 3. The number of likely N-dealkylation sites (N-methyl/N-ethyl adjacent to an activating group) is 1. The summed E-state index contributed by atoms with van der Waals surface area (Å²) in [5.74, 6) is -2.71. The molecule has 2 heterocycles. The van der Waals surface area contributed by atoms with Crippen molar-refractivity contribution in [1.82, 2.24) is 20.0 Å². The maximum Gasteiger partial charge on any atom is 0.471 e. The quantitative estimate of drug-likeness (QED) is 0.742. The van der Waals surface area contributed by atoms with Crippen LogP contribution in [-0.4, -0.2) is 90.5 Å². The van der Waals surface area contributed by atoms with E-state index in [1.807, 2.05) is 0 Å². The molecule has 10 heteroatoms. The predicted molar refractivity (Wildman–Crippen MR) is 87.1 cm³/mol. The number of hydrogen-bond donors (Lipinski definition) is 1. The second-order valence-electron chi connectivity index (χ2n) is 6.51. The highest BCUT2D eigenvalue weighted by molar-refractivity contribution is 5.90. The normalized spacial score (nSPS) is 21.8. The molecule has 0 aromatic heterocycles. The Balaban J connectivity index is 1.76. The van der Waals surface area contributed by atoms with Crippen molar-refractivity contribution in [3.63, 3.8) is 0 Å². The van der Waals surface area contributed by atoms with Gasteiger partial charge in [0.2, 0.25) is 11.8 Å². The predicted octanol–water partition coefficient (Wildman–Crippen LogP) is 0.210. The van der Waals surface area contributed by atoms with Crippen LogP contribution in [0.4, 0.5) is 13.2 Å². The lowest BCUT2D eigenvalue weighted by molar-refractivity contribution is -0.186. The van der Waals surface area contributed by atoms with E-state index in [1.165, 1.54) is 0 Å². The van der Waals surface area contributed by atoms with Crippen LogP contribution < -0.4 is 5.32 Å². The van der Waals surface area contributed by atoms with E-state index in [0.29, 0.717) is 24.4 Å². The maximum atomic E-state index is 12.6. The Labute approximate surface area is 150 Å². The van der Waals surface area contributed by atoms with Crippen LogP contribution in [0.3, 0.4) is 0 Å². The first-order valence-electron chi connectivity index (χ1n) is 8.89. The van der Waals surface area contributed by atoms with Crippen LogP contribution in [0, 0.1) is 0 Å². The summed E-state index contributed by atoms with van der Waals surface area (Å²) in [6.07, 6.45) is -4.35. The SMILES string of the molecule is CCN1CCN(C(=O)CCNC(=O)C2CCCN2C(=O)C(F)(F)F)CC1. The molecule has 1 atom stereocenters. The summed E-state index contributed by atoms with van der Waals surface area (Å²) in [7, 11) is 0. The molecule has 0 saturated carbocycles. The molecule has 2 rings (SSSR count). The van der Waals surface area contributed by atoms with Gasteiger partial charge in [-0.2, -0.15) is 13.2 Å². The van der Waals surface area contributed by atoms with Gasteiger partial charge in [-0.3, -0.25) is 14.4 Å². The minimum Gasteiger partial charge on any atom is -0.354 e. The van der Waals surface area contributed by atoms with Crippen LogP contribution in [0.1, 0.15) is 26.2 Å². The van der Waals surface area contributed by atoms with Crippen LogP contribution in [-0.2, 0) is 14.4 Å². The molecule has 2 aliphatic rings. The maximum absolute atomic E-state index is 12.6. The molecule has 0 bridgehead atoms. The van der Waals surface area contributed by atoms with E-state index in [9.17, 15) is 27.6 Å². The van der Waals surface area contributed by atoms with Gasteiger partial charge in [0.05, 0.1) is 0 Å². The molecule has 7 nitrogen and oxygen atoms in total. The summed E-state index contributed by atoms with van der Waals surface area (Å²) in [6, 6.07) is -1.12. The van der Waals surface area contributed by atoms with Crippen LogP contribution in [0.2, 0.25) is 0 Å². The lowest BCUT2D eigenvalue weighted by Crippen LogP contribution is -2.51. The molecule has 148 valence electrons. The third kappa shape index (κ3) is 5.09. The molecule has 0 aliphatic carbocycles. The lowest BCUT2D eigenvalue weighted by Gasteiger charge is -2.34. The molecule has 2 fully saturated rings. The molecule has 2 saturated heterocycles. The molecule has 1 unspecified atom stereocenters. The Morgan fingerprint density at radius 2 is 1.73 bits per heavy atom. The minimum absolute atomic E-state index is 0.0518. The Morgan fingerprint density at radius 3 is 2.31 bits per heavy atom. The van der Waals surface area contributed by atoms with Crippen molar-refractivity contribution < 1.29 is 27.6 Å². The van der Waals surface area contributed by atoms with Gasteiger partial charge in [-0.05, 0) is 19.4 Å². The van der Waals surface area contributed by atoms with E-state index in [1.54, 1.807) is 4.90 Å². The summed E-state index contributed by atoms with van der Waals surface area (Å²) in [5.41, 5.74) is 0. The Morgan fingerprint density at radius 1 is 1.08 bits per heavy atom. The molecule has 26 heavy (non-hydrogen) atoms. The fourth-order valence-electron chi connectivity index (χ4n) is 3.33. The van der Waals surface area contributed by atoms with Crippen LogP contribution in [0.15, 0.2) is 0 Å². The van der Waals surface area contributed by atoms with Gasteiger partial charge in [-0.1, -0.05) is 6.92 Å². The summed E-state index contributed by atoms with van der Waals surface area (Å²) in [4.78, 5) is 40.2. The van der Waals surface area contributed by atoms with Crippen molar-refractivity contribution in [3.8, 4) is 0 Å². The molecule has 2 aliphatic heterocycles. The van der Waals surface area contributed by atoms with Gasteiger partial charge in [0.1, 0.15) is 6.04 Å². The zero-order valence-corrected chi connectivity index (χ0v) is 14.8. The second-order valence-corrected chi connectivity index (χ2v) is 6.51. The van der Waals surface area contributed by atoms with Gasteiger partial charge in [0.25, 0.3) is 0 Å². The van der Waals surface area contributed by atoms with Crippen LogP contribution in [0.25, 0.3) is 0 Å². The molecule has 0 spiro atoms. The first kappa shape index (κ1) is 20.5. The highest BCUT2D eigenvalue weighted by atomic mass is 19.4. The summed E-state index contributed by atoms with van der Waals surface area (Å²) in [5, 5.41) is 2.49. The number of amides is 3. The highest BCUT2D eigenvalue weighted by Crippen LogP contribution is 2.25. The second kappa shape index (κ2) is 8.70. The Kier molecular flexibility index (Phi) is 6.85. The lowest BCUT2D eigenvalue weighted by atomic mass is 10.2. The van der Waals surface area contributed by atoms with Gasteiger partial charge in [-0.25, -0.2) is 0 Å². The Bertz CT molecular complexity index is 533. The largest absolute Gasteiger partial charge is 0.471 e. The van der Waals surface area contributed by atoms with Gasteiger partial charge in [-0.15, -0.1) is 0 Å². The smallest absolute Gasteiger partial charge is 0.354 e. The standard InChI is InChI=1S/C16H25F3N4O3/c1-2-21-8-10-22(11-9-21)13(24)5-6-20-14(25)12-4-3-7-23(12)15(26)16(17,18)19/h12H,2-11H2,1H3,(H,20,25). The highest BCUT2D eigenvalue weighted by Gasteiger charge is 2.47. The molecule has 3 amide bonds. The van der Waals surface area contributed by atoms with Crippen LogP contribution >= 0.6 is 0 Å². The van der Waals surface area contributed by atoms with Gasteiger partial charge in [0.15, 0.2) is 0 Å². The van der Waals surface area contributed by atoms with Crippen molar-refractivity contribution in [2.45, 2.75) is 38.4 Å². The van der Waals surface area contributed by atoms with E-state index < -0.39 is 24.0 Å². The van der Waals surface area contributed by atoms with Gasteiger partial charge < -0.3 is 20.0 Å². The molecule has 0 aromatic carbocycles. The molecule has 0 radical (unpaired) electrons. The fourth-order valence-corrected chi connectivity index (χ4v) is 3.33. The zero-order chi connectivity index (χ0) is 19.3. The average molecular weight is 378 g/mol. The zero-order valence-electron chi connectivity index (χ0n) is 14.8. The molecule has 1 N–H and O–H groups in total. The minimum atomic E-state index is -4.99. The summed E-state index contributed by atoms with van der Waals surface area (Å²) < 4.78 is 37.7. The first-order chi connectivity index (χ1) is 12.2. The number of likely N-dealkylation sites (tertiary alicyclic amines) is 1. The Hall–Kier alpha value is -1.84. The summed E-state index contributed by atoms with van der Waals surface area (Å²) >= 11 is 0. The van der Waals surface area contributed by atoms with Crippen LogP contribution in [0.5, 0.6) is 0 Å².